The molecule has 1 aromatic carbocycles. The Hall–Kier alpha value is -1.15. The average molecular weight is 180 g/mol. The SMILES string of the molecule is CC/C(=C\c1ccccc1F)CO. The first-order valence-corrected chi connectivity index (χ1v) is 4.32. The van der Waals surface area contributed by atoms with Crippen LogP contribution in [0.1, 0.15) is 18.9 Å². The Morgan fingerprint density at radius 3 is 2.69 bits per heavy atom. The molecule has 0 aliphatic rings. The van der Waals surface area contributed by atoms with Gasteiger partial charge in [-0.15, -0.1) is 0 Å². The molecule has 0 atom stereocenters. The molecule has 0 aromatic heterocycles. The highest BCUT2D eigenvalue weighted by Crippen LogP contribution is 2.12. The lowest BCUT2D eigenvalue weighted by molar-refractivity contribution is 0.329. The molecule has 0 bridgehead atoms. The zero-order valence-corrected chi connectivity index (χ0v) is 7.63. The predicted molar refractivity (Wildman–Crippen MR) is 51.8 cm³/mol. The average Bonchev–Trinajstić information content (AvgIpc) is 2.17. The van der Waals surface area contributed by atoms with Gasteiger partial charge in [-0.05, 0) is 18.1 Å². The minimum Gasteiger partial charge on any atom is -0.392 e. The molecule has 70 valence electrons. The third kappa shape index (κ3) is 2.67. The monoisotopic (exact) mass is 180 g/mol. The Kier molecular flexibility index (Phi) is 3.65. The van der Waals surface area contributed by atoms with Crippen molar-refractivity contribution in [1.29, 1.82) is 0 Å². The van der Waals surface area contributed by atoms with E-state index < -0.39 is 0 Å². The largest absolute Gasteiger partial charge is 0.392 e. The molecular formula is C11H13FO. The van der Waals surface area contributed by atoms with Gasteiger partial charge in [0, 0.05) is 5.56 Å². The van der Waals surface area contributed by atoms with Crippen molar-refractivity contribution in [1.82, 2.24) is 0 Å². The Morgan fingerprint density at radius 1 is 1.46 bits per heavy atom. The molecule has 2 heteroatoms. The van der Waals surface area contributed by atoms with Crippen LogP contribution < -0.4 is 0 Å². The van der Waals surface area contributed by atoms with Gasteiger partial charge in [0.25, 0.3) is 0 Å². The predicted octanol–water partition coefficient (Wildman–Crippen LogP) is 2.61. The molecule has 1 rings (SSSR count). The van der Waals surface area contributed by atoms with Crippen LogP contribution in [-0.2, 0) is 0 Å². The van der Waals surface area contributed by atoms with Crippen LogP contribution in [0.2, 0.25) is 0 Å². The number of rotatable bonds is 3. The summed E-state index contributed by atoms with van der Waals surface area (Å²) in [5.41, 5.74) is 1.37. The Balaban J connectivity index is 2.95. The molecule has 0 unspecified atom stereocenters. The summed E-state index contributed by atoms with van der Waals surface area (Å²) < 4.78 is 13.1. The van der Waals surface area contributed by atoms with E-state index in [0.717, 1.165) is 12.0 Å². The van der Waals surface area contributed by atoms with Crippen molar-refractivity contribution in [2.45, 2.75) is 13.3 Å². The zero-order valence-electron chi connectivity index (χ0n) is 7.63. The van der Waals surface area contributed by atoms with Gasteiger partial charge < -0.3 is 5.11 Å². The van der Waals surface area contributed by atoms with Crippen LogP contribution in [-0.4, -0.2) is 11.7 Å². The van der Waals surface area contributed by atoms with Gasteiger partial charge in [0.2, 0.25) is 0 Å². The number of benzene rings is 1. The maximum atomic E-state index is 13.1. The van der Waals surface area contributed by atoms with Gasteiger partial charge >= 0.3 is 0 Å². The third-order valence-corrected chi connectivity index (χ3v) is 1.92. The summed E-state index contributed by atoms with van der Waals surface area (Å²) in [5.74, 6) is -0.248. The molecule has 0 fully saturated rings. The molecule has 1 aromatic rings. The first kappa shape index (κ1) is 9.93. The molecule has 0 aliphatic heterocycles. The topological polar surface area (TPSA) is 20.2 Å². The highest BCUT2D eigenvalue weighted by atomic mass is 19.1. The number of hydrogen-bond donors (Lipinski definition) is 1. The first-order valence-electron chi connectivity index (χ1n) is 4.32. The van der Waals surface area contributed by atoms with Crippen molar-refractivity contribution in [3.8, 4) is 0 Å². The molecule has 0 aliphatic carbocycles. The number of halogens is 1. The van der Waals surface area contributed by atoms with Gasteiger partial charge in [-0.25, -0.2) is 4.39 Å². The van der Waals surface area contributed by atoms with Gasteiger partial charge in [-0.1, -0.05) is 31.2 Å². The molecule has 0 saturated heterocycles. The summed E-state index contributed by atoms with van der Waals surface area (Å²) in [5, 5.41) is 8.89. The lowest BCUT2D eigenvalue weighted by Crippen LogP contribution is -1.89. The van der Waals surface area contributed by atoms with E-state index in [1.165, 1.54) is 6.07 Å². The lowest BCUT2D eigenvalue weighted by atomic mass is 10.1. The van der Waals surface area contributed by atoms with Crippen molar-refractivity contribution in [2.75, 3.05) is 6.61 Å². The van der Waals surface area contributed by atoms with Crippen molar-refractivity contribution in [3.63, 3.8) is 0 Å². The van der Waals surface area contributed by atoms with E-state index >= 15 is 0 Å². The molecule has 1 N–H and O–H groups in total. The van der Waals surface area contributed by atoms with Crippen molar-refractivity contribution < 1.29 is 9.50 Å². The van der Waals surface area contributed by atoms with Gasteiger partial charge in [0.05, 0.1) is 6.61 Å². The lowest BCUT2D eigenvalue weighted by Gasteiger charge is -2.00. The standard InChI is InChI=1S/C11H13FO/c1-2-9(8-13)7-10-5-3-4-6-11(10)12/h3-7,13H,2,8H2,1H3/b9-7+. The summed E-state index contributed by atoms with van der Waals surface area (Å²) in [6.45, 7) is 1.92. The fourth-order valence-corrected chi connectivity index (χ4v) is 1.07. The van der Waals surface area contributed by atoms with Gasteiger partial charge in [0.15, 0.2) is 0 Å². The fourth-order valence-electron chi connectivity index (χ4n) is 1.07. The second kappa shape index (κ2) is 4.77. The van der Waals surface area contributed by atoms with Crippen LogP contribution >= 0.6 is 0 Å². The van der Waals surface area contributed by atoms with Gasteiger partial charge in [-0.3, -0.25) is 0 Å². The molecular weight excluding hydrogens is 167 g/mol. The minimum absolute atomic E-state index is 0.00909. The van der Waals surface area contributed by atoms with E-state index in [4.69, 9.17) is 5.11 Å². The Labute approximate surface area is 77.5 Å². The molecule has 0 radical (unpaired) electrons. The van der Waals surface area contributed by atoms with Crippen LogP contribution in [0.15, 0.2) is 29.8 Å². The Morgan fingerprint density at radius 2 is 2.15 bits per heavy atom. The number of aliphatic hydroxyl groups is 1. The van der Waals surface area contributed by atoms with E-state index in [1.807, 2.05) is 6.92 Å². The third-order valence-electron chi connectivity index (χ3n) is 1.92. The summed E-state index contributed by atoms with van der Waals surface area (Å²) in [6, 6.07) is 6.54. The summed E-state index contributed by atoms with van der Waals surface area (Å²) in [4.78, 5) is 0. The molecule has 13 heavy (non-hydrogen) atoms. The van der Waals surface area contributed by atoms with Crippen LogP contribution in [0.25, 0.3) is 6.08 Å². The molecule has 1 nitrogen and oxygen atoms in total. The van der Waals surface area contributed by atoms with Crippen molar-refractivity contribution in [3.05, 3.63) is 41.2 Å². The Bertz CT molecular complexity index is 299. The number of aliphatic hydroxyl groups excluding tert-OH is 1. The second-order valence-corrected chi connectivity index (χ2v) is 2.84. The summed E-state index contributed by atoms with van der Waals surface area (Å²) in [7, 11) is 0. The second-order valence-electron chi connectivity index (χ2n) is 2.84. The molecule has 0 saturated carbocycles. The van der Waals surface area contributed by atoms with Crippen LogP contribution in [0.5, 0.6) is 0 Å². The highest BCUT2D eigenvalue weighted by Gasteiger charge is 1.98. The first-order chi connectivity index (χ1) is 6.27. The molecule has 0 spiro atoms. The minimum atomic E-state index is -0.248. The summed E-state index contributed by atoms with van der Waals surface area (Å²) in [6.07, 6.45) is 2.43. The van der Waals surface area contributed by atoms with Crippen molar-refractivity contribution in [2.24, 2.45) is 0 Å². The van der Waals surface area contributed by atoms with E-state index in [9.17, 15) is 4.39 Å². The van der Waals surface area contributed by atoms with Gasteiger partial charge in [0.1, 0.15) is 5.82 Å². The van der Waals surface area contributed by atoms with Gasteiger partial charge in [-0.2, -0.15) is 0 Å². The zero-order chi connectivity index (χ0) is 9.68. The van der Waals surface area contributed by atoms with Crippen LogP contribution in [0, 0.1) is 5.82 Å². The highest BCUT2D eigenvalue weighted by molar-refractivity contribution is 5.53. The number of hydrogen-bond acceptors (Lipinski definition) is 1. The van der Waals surface area contributed by atoms with E-state index in [2.05, 4.69) is 0 Å². The molecule has 0 amide bonds. The quantitative estimate of drug-likeness (QED) is 0.758. The normalized spacial score (nSPS) is 11.8. The maximum absolute atomic E-state index is 13.1. The van der Waals surface area contributed by atoms with E-state index in [1.54, 1.807) is 24.3 Å². The summed E-state index contributed by atoms with van der Waals surface area (Å²) >= 11 is 0. The fraction of sp³-hybridized carbons (Fsp3) is 0.273. The van der Waals surface area contributed by atoms with Crippen molar-refractivity contribution >= 4 is 6.08 Å². The van der Waals surface area contributed by atoms with Crippen LogP contribution in [0.4, 0.5) is 4.39 Å². The van der Waals surface area contributed by atoms with E-state index in [-0.39, 0.29) is 12.4 Å². The van der Waals surface area contributed by atoms with E-state index in [0.29, 0.717) is 5.56 Å². The maximum Gasteiger partial charge on any atom is 0.130 e. The van der Waals surface area contributed by atoms with Crippen LogP contribution in [0.3, 0.4) is 0 Å². The molecule has 0 heterocycles. The smallest absolute Gasteiger partial charge is 0.130 e.